The van der Waals surface area contributed by atoms with Gasteiger partial charge in [0.25, 0.3) is 0 Å². The molecular formula is C28H36N8OS. The number of aromatic hydroxyl groups is 1. The summed E-state index contributed by atoms with van der Waals surface area (Å²) in [6.07, 6.45) is 3.49. The summed E-state index contributed by atoms with van der Waals surface area (Å²) in [5.74, 6) is 0.916. The lowest BCUT2D eigenvalue weighted by molar-refractivity contribution is 0.333. The Balaban J connectivity index is 1.51. The van der Waals surface area contributed by atoms with Crippen LogP contribution in [0, 0.1) is 12.3 Å². The van der Waals surface area contributed by atoms with Gasteiger partial charge in [-0.25, -0.2) is 15.0 Å². The molecular weight excluding hydrogens is 496 g/mol. The van der Waals surface area contributed by atoms with Crippen molar-refractivity contribution in [1.82, 2.24) is 14.9 Å². The number of benzene rings is 1. The van der Waals surface area contributed by atoms with Gasteiger partial charge in [0.15, 0.2) is 17.4 Å². The summed E-state index contributed by atoms with van der Waals surface area (Å²) in [5.41, 5.74) is 14.0. The molecule has 0 spiro atoms. The minimum Gasteiger partial charge on any atom is -0.505 e. The number of phenols is 1. The van der Waals surface area contributed by atoms with Crippen molar-refractivity contribution >= 4 is 40.3 Å². The first-order chi connectivity index (χ1) is 18.0. The summed E-state index contributed by atoms with van der Waals surface area (Å²) in [6, 6.07) is 11.1. The minimum atomic E-state index is -0.172. The first kappa shape index (κ1) is 27.1. The quantitative estimate of drug-likeness (QED) is 0.315. The predicted octanol–water partition coefficient (Wildman–Crippen LogP) is 4.48. The number of nitrogens with zero attached hydrogens (tertiary/aromatic N) is 6. The zero-order valence-electron chi connectivity index (χ0n) is 22.4. The maximum absolute atomic E-state index is 11.1. The lowest BCUT2D eigenvalue weighted by Gasteiger charge is -2.37. The fourth-order valence-corrected chi connectivity index (χ4v) is 5.49. The van der Waals surface area contributed by atoms with Gasteiger partial charge < -0.3 is 26.4 Å². The Kier molecular flexibility index (Phi) is 8.01. The summed E-state index contributed by atoms with van der Waals surface area (Å²) >= 11 is 1.69. The van der Waals surface area contributed by atoms with E-state index in [-0.39, 0.29) is 28.9 Å². The highest BCUT2D eigenvalue weighted by Crippen LogP contribution is 2.40. The fraction of sp³-hybridized carbons (Fsp3) is 0.357. The number of thiophene rings is 1. The van der Waals surface area contributed by atoms with E-state index in [0.29, 0.717) is 16.9 Å². The molecule has 200 valence electrons. The summed E-state index contributed by atoms with van der Waals surface area (Å²) in [7, 11) is 0. The Morgan fingerprint density at radius 3 is 2.32 bits per heavy atom. The largest absolute Gasteiger partial charge is 0.505 e. The van der Waals surface area contributed by atoms with Gasteiger partial charge in [0.05, 0.1) is 6.04 Å². The van der Waals surface area contributed by atoms with Crippen LogP contribution < -0.4 is 16.4 Å². The Labute approximate surface area is 228 Å². The van der Waals surface area contributed by atoms with E-state index < -0.39 is 0 Å². The van der Waals surface area contributed by atoms with Crippen molar-refractivity contribution in [2.24, 2.45) is 26.9 Å². The van der Waals surface area contributed by atoms with E-state index in [2.05, 4.69) is 71.2 Å². The molecule has 0 radical (unpaired) electrons. The number of amidine groups is 2. The van der Waals surface area contributed by atoms with Crippen molar-refractivity contribution in [3.05, 3.63) is 70.7 Å². The van der Waals surface area contributed by atoms with Gasteiger partial charge in [0.2, 0.25) is 5.95 Å². The van der Waals surface area contributed by atoms with Gasteiger partial charge in [-0.3, -0.25) is 4.99 Å². The predicted molar refractivity (Wildman–Crippen MR) is 157 cm³/mol. The average molecular weight is 533 g/mol. The molecule has 1 atom stereocenters. The third-order valence-electron chi connectivity index (χ3n) is 6.44. The SMILES string of the molecule is C=C(c1cccc(N=C(N)C(N)=N[C@@H](c2ccc(C)s2)C(C)(C)C)c1O)N1CCN(c2ncccn2)CC1. The van der Waals surface area contributed by atoms with Crippen LogP contribution in [-0.4, -0.2) is 57.8 Å². The lowest BCUT2D eigenvalue weighted by atomic mass is 9.86. The van der Waals surface area contributed by atoms with Gasteiger partial charge >= 0.3 is 0 Å². The number of aryl methyl sites for hydroxylation is 1. The van der Waals surface area contributed by atoms with Crippen molar-refractivity contribution in [3.63, 3.8) is 0 Å². The number of phenolic OH excluding ortho intramolecular Hbond substituents is 1. The van der Waals surface area contributed by atoms with E-state index in [9.17, 15) is 5.11 Å². The summed E-state index contributed by atoms with van der Waals surface area (Å²) in [6.45, 7) is 15.6. The molecule has 0 unspecified atom stereocenters. The zero-order chi connectivity index (χ0) is 27.4. The van der Waals surface area contributed by atoms with E-state index in [1.165, 1.54) is 4.88 Å². The number of nitrogens with two attached hydrogens (primary N) is 2. The number of aliphatic imine (C=N–C) groups is 2. The normalized spacial score (nSPS) is 16.0. The van der Waals surface area contributed by atoms with Crippen LogP contribution >= 0.6 is 11.3 Å². The van der Waals surface area contributed by atoms with E-state index in [4.69, 9.17) is 16.5 Å². The Bertz CT molecular complexity index is 1330. The Hall–Kier alpha value is -3.92. The molecule has 1 aromatic carbocycles. The summed E-state index contributed by atoms with van der Waals surface area (Å²) in [5, 5.41) is 11.1. The van der Waals surface area contributed by atoms with Gasteiger partial charge in [-0.1, -0.05) is 33.4 Å². The van der Waals surface area contributed by atoms with Crippen molar-refractivity contribution in [2.45, 2.75) is 33.7 Å². The molecule has 5 N–H and O–H groups in total. The van der Waals surface area contributed by atoms with Gasteiger partial charge in [0, 0.05) is 59.6 Å². The van der Waals surface area contributed by atoms with Crippen molar-refractivity contribution in [2.75, 3.05) is 31.1 Å². The number of aromatic nitrogens is 2. The third kappa shape index (κ3) is 6.13. The second kappa shape index (κ2) is 11.2. The van der Waals surface area contributed by atoms with Gasteiger partial charge in [-0.15, -0.1) is 11.3 Å². The maximum atomic E-state index is 11.1. The van der Waals surface area contributed by atoms with Crippen LogP contribution in [0.25, 0.3) is 5.70 Å². The van der Waals surface area contributed by atoms with Gasteiger partial charge in [-0.05, 0) is 42.7 Å². The van der Waals surface area contributed by atoms with Crippen LogP contribution in [0.3, 0.4) is 0 Å². The molecule has 1 saturated heterocycles. The highest BCUT2D eigenvalue weighted by Gasteiger charge is 2.28. The second-order valence-corrected chi connectivity index (χ2v) is 11.7. The molecule has 2 aromatic heterocycles. The van der Waals surface area contributed by atoms with E-state index in [0.717, 1.165) is 37.0 Å². The standard InChI is InChI=1S/C28H36N8OS/c1-18-10-11-22(38-18)24(28(3,4)5)34-26(30)25(29)33-21-9-6-8-20(23(21)37)19(2)35-14-16-36(17-15-35)27-31-12-7-13-32-27/h6-13,24,37H,2,14-17H2,1,3-5H3,(H2,29,33)(H2,30,34)/t24-/m0/s1. The molecule has 3 heterocycles. The number of hydrogen-bond donors (Lipinski definition) is 3. The number of hydrogen-bond acceptors (Lipinski definition) is 8. The van der Waals surface area contributed by atoms with Crippen molar-refractivity contribution < 1.29 is 5.11 Å². The lowest BCUT2D eigenvalue weighted by Crippen LogP contribution is -2.46. The molecule has 4 rings (SSSR count). The smallest absolute Gasteiger partial charge is 0.225 e. The zero-order valence-corrected chi connectivity index (χ0v) is 23.2. The van der Waals surface area contributed by atoms with Gasteiger partial charge in [-0.2, -0.15) is 0 Å². The monoisotopic (exact) mass is 532 g/mol. The molecule has 0 saturated carbocycles. The second-order valence-electron chi connectivity index (χ2n) is 10.4. The fourth-order valence-electron chi connectivity index (χ4n) is 4.33. The van der Waals surface area contributed by atoms with Crippen LogP contribution in [-0.2, 0) is 0 Å². The van der Waals surface area contributed by atoms with E-state index in [1.54, 1.807) is 35.9 Å². The van der Waals surface area contributed by atoms with Crippen LogP contribution in [0.4, 0.5) is 11.6 Å². The first-order valence-corrected chi connectivity index (χ1v) is 13.4. The van der Waals surface area contributed by atoms with Gasteiger partial charge in [0.1, 0.15) is 5.69 Å². The molecule has 0 amide bonds. The topological polar surface area (TPSA) is 129 Å². The van der Waals surface area contributed by atoms with Crippen LogP contribution in [0.1, 0.15) is 42.1 Å². The Morgan fingerprint density at radius 2 is 1.71 bits per heavy atom. The minimum absolute atomic E-state index is 0.00308. The van der Waals surface area contributed by atoms with Crippen molar-refractivity contribution in [3.8, 4) is 5.75 Å². The summed E-state index contributed by atoms with van der Waals surface area (Å²) in [4.78, 5) is 24.5. The molecule has 1 aliphatic rings. The molecule has 10 heteroatoms. The number of rotatable bonds is 6. The van der Waals surface area contributed by atoms with E-state index in [1.807, 2.05) is 12.1 Å². The number of anilines is 1. The Morgan fingerprint density at radius 1 is 1.03 bits per heavy atom. The van der Waals surface area contributed by atoms with E-state index >= 15 is 0 Å². The molecule has 1 fully saturated rings. The summed E-state index contributed by atoms with van der Waals surface area (Å²) < 4.78 is 0. The average Bonchev–Trinajstić information content (AvgIpc) is 3.33. The first-order valence-electron chi connectivity index (χ1n) is 12.6. The highest BCUT2D eigenvalue weighted by molar-refractivity contribution is 7.12. The van der Waals surface area contributed by atoms with Crippen LogP contribution in [0.2, 0.25) is 0 Å². The highest BCUT2D eigenvalue weighted by atomic mass is 32.1. The van der Waals surface area contributed by atoms with Crippen molar-refractivity contribution in [1.29, 1.82) is 0 Å². The third-order valence-corrected chi connectivity index (χ3v) is 7.50. The maximum Gasteiger partial charge on any atom is 0.225 e. The molecule has 3 aromatic rings. The molecule has 0 bridgehead atoms. The molecule has 38 heavy (non-hydrogen) atoms. The van der Waals surface area contributed by atoms with Crippen LogP contribution in [0.15, 0.2) is 65.4 Å². The number of piperazine rings is 1. The molecule has 0 aliphatic carbocycles. The van der Waals surface area contributed by atoms with Crippen LogP contribution in [0.5, 0.6) is 5.75 Å². The molecule has 1 aliphatic heterocycles. The molecule has 9 nitrogen and oxygen atoms in total. The number of para-hydroxylation sites is 1.